The van der Waals surface area contributed by atoms with Crippen molar-refractivity contribution < 1.29 is 4.79 Å². The average molecular weight is 227 g/mol. The van der Waals surface area contributed by atoms with Gasteiger partial charge in [-0.1, -0.05) is 41.0 Å². The zero-order chi connectivity index (χ0) is 12.8. The van der Waals surface area contributed by atoms with E-state index in [-0.39, 0.29) is 11.3 Å². The van der Waals surface area contributed by atoms with Crippen LogP contribution in [0.3, 0.4) is 0 Å². The molecule has 0 fully saturated rings. The molecule has 0 spiro atoms. The van der Waals surface area contributed by atoms with Crippen molar-refractivity contribution in [1.82, 2.24) is 0 Å². The number of carbonyl (C=O) groups is 1. The lowest BCUT2D eigenvalue weighted by Gasteiger charge is -2.26. The van der Waals surface area contributed by atoms with Gasteiger partial charge in [0, 0.05) is 11.3 Å². The first kappa shape index (κ1) is 15.6. The molecule has 0 bridgehead atoms. The SMILES string of the molecule is CC(C)CC(CCCCN)C(=O)C(C)(C)C. The molecule has 0 radical (unpaired) electrons. The van der Waals surface area contributed by atoms with Crippen molar-refractivity contribution in [3.05, 3.63) is 0 Å². The van der Waals surface area contributed by atoms with Crippen molar-refractivity contribution >= 4 is 5.78 Å². The predicted molar refractivity (Wildman–Crippen MR) is 70.3 cm³/mol. The fourth-order valence-corrected chi connectivity index (χ4v) is 2.07. The van der Waals surface area contributed by atoms with Crippen LogP contribution >= 0.6 is 0 Å². The Labute approximate surface area is 101 Å². The molecule has 0 aromatic carbocycles. The highest BCUT2D eigenvalue weighted by Crippen LogP contribution is 2.28. The van der Waals surface area contributed by atoms with Crippen LogP contribution in [0.4, 0.5) is 0 Å². The number of ketones is 1. The third-order valence-electron chi connectivity index (χ3n) is 2.87. The van der Waals surface area contributed by atoms with E-state index in [1.807, 2.05) is 20.8 Å². The molecular weight excluding hydrogens is 198 g/mol. The highest BCUT2D eigenvalue weighted by Gasteiger charge is 2.29. The fraction of sp³-hybridized carbons (Fsp3) is 0.929. The van der Waals surface area contributed by atoms with Gasteiger partial charge in [0.2, 0.25) is 0 Å². The van der Waals surface area contributed by atoms with Crippen LogP contribution in [0.25, 0.3) is 0 Å². The summed E-state index contributed by atoms with van der Waals surface area (Å²) in [4.78, 5) is 12.3. The molecule has 16 heavy (non-hydrogen) atoms. The Morgan fingerprint density at radius 1 is 1.19 bits per heavy atom. The van der Waals surface area contributed by atoms with E-state index in [2.05, 4.69) is 13.8 Å². The summed E-state index contributed by atoms with van der Waals surface area (Å²) in [6, 6.07) is 0. The van der Waals surface area contributed by atoms with Crippen molar-refractivity contribution in [3.63, 3.8) is 0 Å². The number of hydrogen-bond acceptors (Lipinski definition) is 2. The van der Waals surface area contributed by atoms with Gasteiger partial charge < -0.3 is 5.73 Å². The summed E-state index contributed by atoms with van der Waals surface area (Å²) in [5.74, 6) is 1.24. The van der Waals surface area contributed by atoms with Gasteiger partial charge in [0.15, 0.2) is 0 Å². The van der Waals surface area contributed by atoms with Crippen LogP contribution in [0, 0.1) is 17.3 Å². The van der Waals surface area contributed by atoms with Gasteiger partial charge in [-0.2, -0.15) is 0 Å². The standard InChI is InChI=1S/C14H29NO/c1-11(2)10-12(8-6-7-9-15)13(16)14(3,4)5/h11-12H,6-10,15H2,1-5H3. The number of rotatable bonds is 7. The van der Waals surface area contributed by atoms with Crippen molar-refractivity contribution in [2.24, 2.45) is 23.0 Å². The fourth-order valence-electron chi connectivity index (χ4n) is 2.07. The molecule has 0 saturated carbocycles. The van der Waals surface area contributed by atoms with Gasteiger partial charge in [-0.3, -0.25) is 4.79 Å². The van der Waals surface area contributed by atoms with Gasteiger partial charge in [-0.25, -0.2) is 0 Å². The van der Waals surface area contributed by atoms with Gasteiger partial charge in [0.1, 0.15) is 5.78 Å². The van der Waals surface area contributed by atoms with Gasteiger partial charge in [0.05, 0.1) is 0 Å². The Morgan fingerprint density at radius 3 is 2.12 bits per heavy atom. The third-order valence-corrected chi connectivity index (χ3v) is 2.87. The third kappa shape index (κ3) is 6.26. The summed E-state index contributed by atoms with van der Waals surface area (Å²) in [6.45, 7) is 11.2. The van der Waals surface area contributed by atoms with E-state index in [1.165, 1.54) is 0 Å². The van der Waals surface area contributed by atoms with Crippen molar-refractivity contribution in [1.29, 1.82) is 0 Å². The maximum Gasteiger partial charge on any atom is 0.141 e. The summed E-state index contributed by atoms with van der Waals surface area (Å²) in [5, 5.41) is 0. The van der Waals surface area contributed by atoms with Gasteiger partial charge in [-0.05, 0) is 31.7 Å². The molecule has 0 aliphatic heterocycles. The van der Waals surface area contributed by atoms with Crippen LogP contribution in [0.15, 0.2) is 0 Å². The van der Waals surface area contributed by atoms with Crippen LogP contribution in [-0.4, -0.2) is 12.3 Å². The van der Waals surface area contributed by atoms with Crippen molar-refractivity contribution in [3.8, 4) is 0 Å². The number of unbranched alkanes of at least 4 members (excludes halogenated alkanes) is 1. The Morgan fingerprint density at radius 2 is 1.75 bits per heavy atom. The van der Waals surface area contributed by atoms with Crippen molar-refractivity contribution in [2.45, 2.75) is 60.3 Å². The number of Topliss-reactive ketones (excluding diaryl/α,β-unsaturated/α-hetero) is 1. The predicted octanol–water partition coefficient (Wildman–Crippen LogP) is 3.39. The second kappa shape index (κ2) is 7.05. The van der Waals surface area contributed by atoms with Crippen LogP contribution in [0.5, 0.6) is 0 Å². The molecule has 0 saturated heterocycles. The van der Waals surface area contributed by atoms with E-state index in [4.69, 9.17) is 5.73 Å². The Balaban J connectivity index is 4.36. The average Bonchev–Trinajstić information content (AvgIpc) is 2.13. The first-order valence-electron chi connectivity index (χ1n) is 6.53. The molecule has 1 unspecified atom stereocenters. The van der Waals surface area contributed by atoms with Crippen molar-refractivity contribution in [2.75, 3.05) is 6.54 Å². The minimum absolute atomic E-state index is 0.206. The smallest absolute Gasteiger partial charge is 0.141 e. The van der Waals surface area contributed by atoms with E-state index in [0.29, 0.717) is 11.7 Å². The second-order valence-electron chi connectivity index (χ2n) is 6.23. The molecule has 0 rings (SSSR count). The highest BCUT2D eigenvalue weighted by atomic mass is 16.1. The largest absolute Gasteiger partial charge is 0.330 e. The Bertz CT molecular complexity index is 203. The van der Waals surface area contributed by atoms with E-state index < -0.39 is 0 Å². The molecule has 0 aliphatic rings. The van der Waals surface area contributed by atoms with Crippen LogP contribution in [0.1, 0.15) is 60.3 Å². The molecule has 0 aromatic heterocycles. The monoisotopic (exact) mass is 227 g/mol. The molecule has 0 amide bonds. The number of nitrogens with two attached hydrogens (primary N) is 1. The molecule has 1 atom stereocenters. The molecule has 0 aromatic rings. The van der Waals surface area contributed by atoms with E-state index in [0.717, 1.165) is 32.2 Å². The lowest BCUT2D eigenvalue weighted by Crippen LogP contribution is -2.29. The van der Waals surface area contributed by atoms with Crippen LogP contribution in [0.2, 0.25) is 0 Å². The van der Waals surface area contributed by atoms with Gasteiger partial charge in [-0.15, -0.1) is 0 Å². The first-order chi connectivity index (χ1) is 7.29. The summed E-state index contributed by atoms with van der Waals surface area (Å²) >= 11 is 0. The summed E-state index contributed by atoms with van der Waals surface area (Å²) in [5.41, 5.74) is 5.29. The summed E-state index contributed by atoms with van der Waals surface area (Å²) in [6.07, 6.45) is 4.13. The maximum absolute atomic E-state index is 12.3. The normalized spacial score (nSPS) is 14.2. The lowest BCUT2D eigenvalue weighted by atomic mass is 9.77. The van der Waals surface area contributed by atoms with Crippen LogP contribution < -0.4 is 5.73 Å². The van der Waals surface area contributed by atoms with Gasteiger partial charge >= 0.3 is 0 Å². The minimum atomic E-state index is -0.206. The second-order valence-corrected chi connectivity index (χ2v) is 6.23. The quantitative estimate of drug-likeness (QED) is 0.677. The van der Waals surface area contributed by atoms with E-state index in [9.17, 15) is 4.79 Å². The topological polar surface area (TPSA) is 43.1 Å². The molecule has 96 valence electrons. The Hall–Kier alpha value is -0.370. The molecular formula is C14H29NO. The molecule has 2 heteroatoms. The maximum atomic E-state index is 12.3. The van der Waals surface area contributed by atoms with Gasteiger partial charge in [0.25, 0.3) is 0 Å². The number of carbonyl (C=O) groups excluding carboxylic acids is 1. The molecule has 0 aliphatic carbocycles. The Kier molecular flexibility index (Phi) is 6.89. The van der Waals surface area contributed by atoms with Crippen LogP contribution in [-0.2, 0) is 4.79 Å². The molecule has 0 heterocycles. The summed E-state index contributed by atoms with van der Waals surface area (Å²) < 4.78 is 0. The highest BCUT2D eigenvalue weighted by molar-refractivity contribution is 5.85. The molecule has 2 N–H and O–H groups in total. The van der Waals surface area contributed by atoms with E-state index >= 15 is 0 Å². The summed E-state index contributed by atoms with van der Waals surface area (Å²) in [7, 11) is 0. The first-order valence-corrected chi connectivity index (χ1v) is 6.53. The minimum Gasteiger partial charge on any atom is -0.330 e. The zero-order valence-electron chi connectivity index (χ0n) is 11.7. The lowest BCUT2D eigenvalue weighted by molar-refractivity contribution is -0.131. The zero-order valence-corrected chi connectivity index (χ0v) is 11.7. The van der Waals surface area contributed by atoms with E-state index in [1.54, 1.807) is 0 Å². The molecule has 2 nitrogen and oxygen atoms in total. The number of hydrogen-bond donors (Lipinski definition) is 1.